The summed E-state index contributed by atoms with van der Waals surface area (Å²) in [7, 11) is 0. The fourth-order valence-electron chi connectivity index (χ4n) is 6.60. The molecule has 0 spiro atoms. The van der Waals surface area contributed by atoms with E-state index >= 15 is 0 Å². The number of amidine groups is 1. The Morgan fingerprint density at radius 3 is 2.42 bits per heavy atom. The van der Waals surface area contributed by atoms with Gasteiger partial charge in [-0.15, -0.1) is 0 Å². The fourth-order valence-corrected chi connectivity index (χ4v) is 6.60. The van der Waals surface area contributed by atoms with Gasteiger partial charge in [-0.2, -0.15) is 9.61 Å². The van der Waals surface area contributed by atoms with E-state index in [0.29, 0.717) is 23.3 Å². The zero-order chi connectivity index (χ0) is 26.6. The zero-order valence-electron chi connectivity index (χ0n) is 21.9. The van der Waals surface area contributed by atoms with Gasteiger partial charge in [-0.05, 0) is 57.1 Å². The van der Waals surface area contributed by atoms with Crippen LogP contribution in [0, 0.1) is 5.41 Å². The number of piperidine rings is 1. The third-order valence-corrected chi connectivity index (χ3v) is 8.69. The number of nitrogen functional groups attached to an aromatic ring is 1. The normalized spacial score (nSPS) is 23.4. The van der Waals surface area contributed by atoms with Crippen LogP contribution in [-0.2, 0) is 0 Å². The number of fused-ring (bicyclic) bond motifs is 3. The van der Waals surface area contributed by atoms with E-state index in [-0.39, 0.29) is 18.0 Å². The lowest BCUT2D eigenvalue weighted by Crippen LogP contribution is -2.44. The van der Waals surface area contributed by atoms with Crippen LogP contribution in [0.5, 0.6) is 0 Å². The Hall–Kier alpha value is -4.01. The van der Waals surface area contributed by atoms with Gasteiger partial charge < -0.3 is 16.4 Å². The van der Waals surface area contributed by atoms with Gasteiger partial charge in [0.05, 0.1) is 17.6 Å². The number of nitrogens with zero attached hydrogens (tertiary/aromatic N) is 6. The minimum atomic E-state index is 0.221. The number of pyridine rings is 1. The summed E-state index contributed by atoms with van der Waals surface area (Å²) in [6.45, 7) is 10.4. The standard InChI is InChI=1S/C29H35N9/c1-16(2)25-26(20-11-21-8-9-22(12-20)37(21)17(3)27(31)34-15-30)36-29-23(14-35-38(29)28(25)32)19-7-10-24(33-13-19)18-5-4-6-18/h7,10,13-15,18,20-22H,1,3-6,8-9,11-12,32H2,2H3,(H3,30,31,34). The van der Waals surface area contributed by atoms with Crippen molar-refractivity contribution in [2.24, 2.45) is 10.7 Å². The van der Waals surface area contributed by atoms with E-state index in [1.807, 2.05) is 19.3 Å². The quantitative estimate of drug-likeness (QED) is 0.307. The number of allylic oxidation sites excluding steroid dienone is 1. The van der Waals surface area contributed by atoms with E-state index in [9.17, 15) is 0 Å². The molecule has 0 aromatic carbocycles. The first-order valence-corrected chi connectivity index (χ1v) is 13.5. The maximum absolute atomic E-state index is 7.27. The van der Waals surface area contributed by atoms with Crippen molar-refractivity contribution >= 4 is 29.2 Å². The van der Waals surface area contributed by atoms with Crippen molar-refractivity contribution in [2.45, 2.75) is 75.8 Å². The SMILES string of the molecule is C=C(C)c1c(C2CC3CCC(C2)N3C(=C)C(N)=NC=N)nc2c(-c3ccc(C4CCC4)nc3)cnn2c1N. The summed E-state index contributed by atoms with van der Waals surface area (Å²) in [5, 5.41) is 11.9. The van der Waals surface area contributed by atoms with Crippen LogP contribution in [0.15, 0.2) is 48.4 Å². The molecule has 9 heteroatoms. The summed E-state index contributed by atoms with van der Waals surface area (Å²) >= 11 is 0. The molecule has 1 saturated carbocycles. The van der Waals surface area contributed by atoms with Crippen LogP contribution in [0.4, 0.5) is 5.82 Å². The summed E-state index contributed by atoms with van der Waals surface area (Å²) in [6, 6.07) is 4.85. The Labute approximate surface area is 222 Å². The van der Waals surface area contributed by atoms with Crippen LogP contribution in [0.1, 0.15) is 80.7 Å². The molecule has 2 atom stereocenters. The molecule has 2 bridgehead atoms. The van der Waals surface area contributed by atoms with Crippen molar-refractivity contribution < 1.29 is 0 Å². The lowest BCUT2D eigenvalue weighted by molar-refractivity contribution is 0.177. The van der Waals surface area contributed by atoms with Crippen LogP contribution in [0.3, 0.4) is 0 Å². The Morgan fingerprint density at radius 2 is 1.84 bits per heavy atom. The molecule has 5 N–H and O–H groups in total. The van der Waals surface area contributed by atoms with Crippen molar-refractivity contribution in [3.8, 4) is 11.1 Å². The first-order chi connectivity index (χ1) is 18.4. The highest BCUT2D eigenvalue weighted by Crippen LogP contribution is 2.46. The smallest absolute Gasteiger partial charge is 0.165 e. The highest BCUT2D eigenvalue weighted by Gasteiger charge is 2.43. The number of hydrogen-bond donors (Lipinski definition) is 3. The van der Waals surface area contributed by atoms with Crippen LogP contribution >= 0.6 is 0 Å². The second-order valence-corrected chi connectivity index (χ2v) is 11.0. The van der Waals surface area contributed by atoms with Crippen molar-refractivity contribution in [3.05, 3.63) is 60.3 Å². The number of aliphatic imine (C=N–C) groups is 1. The van der Waals surface area contributed by atoms with Crippen molar-refractivity contribution in [3.63, 3.8) is 0 Å². The van der Waals surface area contributed by atoms with E-state index in [1.54, 1.807) is 4.52 Å². The highest BCUT2D eigenvalue weighted by atomic mass is 15.3. The summed E-state index contributed by atoms with van der Waals surface area (Å²) in [5.74, 6) is 1.70. The van der Waals surface area contributed by atoms with Crippen molar-refractivity contribution in [1.82, 2.24) is 24.5 Å². The number of nitrogens with two attached hydrogens (primary N) is 2. The molecule has 196 valence electrons. The number of rotatable bonds is 7. The molecule has 0 amide bonds. The van der Waals surface area contributed by atoms with Crippen molar-refractivity contribution in [2.75, 3.05) is 5.73 Å². The minimum absolute atomic E-state index is 0.221. The average Bonchev–Trinajstić information content (AvgIpc) is 3.41. The topological polar surface area (TPSA) is 135 Å². The van der Waals surface area contributed by atoms with Crippen LogP contribution in [0.2, 0.25) is 0 Å². The lowest BCUT2D eigenvalue weighted by atomic mass is 9.82. The summed E-state index contributed by atoms with van der Waals surface area (Å²) < 4.78 is 1.74. The fraction of sp³-hybridized carbons (Fsp3) is 0.414. The first-order valence-electron chi connectivity index (χ1n) is 13.5. The molecule has 38 heavy (non-hydrogen) atoms. The van der Waals surface area contributed by atoms with E-state index in [1.165, 1.54) is 25.0 Å². The van der Waals surface area contributed by atoms with E-state index < -0.39 is 0 Å². The summed E-state index contributed by atoms with van der Waals surface area (Å²) in [4.78, 5) is 16.3. The van der Waals surface area contributed by atoms with Crippen LogP contribution in [0.25, 0.3) is 22.3 Å². The molecule has 9 nitrogen and oxygen atoms in total. The van der Waals surface area contributed by atoms with Gasteiger partial charge in [-0.25, -0.2) is 9.98 Å². The molecule has 6 rings (SSSR count). The Morgan fingerprint density at radius 1 is 1.11 bits per heavy atom. The van der Waals surface area contributed by atoms with E-state index in [2.05, 4.69) is 40.3 Å². The van der Waals surface area contributed by atoms with Gasteiger partial charge in [0.2, 0.25) is 0 Å². The largest absolute Gasteiger partial charge is 0.383 e. The predicted molar refractivity (Wildman–Crippen MR) is 152 cm³/mol. The van der Waals surface area contributed by atoms with Crippen molar-refractivity contribution in [1.29, 1.82) is 5.41 Å². The second kappa shape index (κ2) is 9.38. The number of anilines is 1. The molecule has 2 unspecified atom stereocenters. The average molecular weight is 510 g/mol. The molecule has 1 aliphatic carbocycles. The van der Waals surface area contributed by atoms with Gasteiger partial charge in [-0.3, -0.25) is 10.4 Å². The molecule has 3 aromatic rings. The molecular weight excluding hydrogens is 474 g/mol. The Balaban J connectivity index is 1.37. The molecule has 3 aromatic heterocycles. The molecule has 2 aliphatic heterocycles. The van der Waals surface area contributed by atoms with Crippen LogP contribution < -0.4 is 11.5 Å². The summed E-state index contributed by atoms with van der Waals surface area (Å²) in [6.07, 6.45) is 12.5. The van der Waals surface area contributed by atoms with E-state index in [0.717, 1.165) is 65.6 Å². The molecular formula is C29H35N9. The molecule has 3 aliphatic rings. The molecule has 0 radical (unpaired) electrons. The monoisotopic (exact) mass is 509 g/mol. The van der Waals surface area contributed by atoms with Crippen LogP contribution in [-0.4, -0.2) is 48.7 Å². The zero-order valence-corrected chi connectivity index (χ0v) is 21.9. The van der Waals surface area contributed by atoms with E-state index in [4.69, 9.17) is 26.8 Å². The number of aromatic nitrogens is 4. The maximum Gasteiger partial charge on any atom is 0.165 e. The highest BCUT2D eigenvalue weighted by molar-refractivity contribution is 5.99. The van der Waals surface area contributed by atoms with Gasteiger partial charge in [0.25, 0.3) is 0 Å². The second-order valence-electron chi connectivity index (χ2n) is 11.0. The lowest BCUT2D eigenvalue weighted by Gasteiger charge is -2.41. The first kappa shape index (κ1) is 24.3. The third-order valence-electron chi connectivity index (χ3n) is 8.69. The number of nitrogens with one attached hydrogen (secondary N) is 1. The molecule has 2 saturated heterocycles. The minimum Gasteiger partial charge on any atom is -0.383 e. The van der Waals surface area contributed by atoms with Gasteiger partial charge in [0.1, 0.15) is 18.0 Å². The Kier molecular flexibility index (Phi) is 6.01. The van der Waals surface area contributed by atoms with Gasteiger partial charge >= 0.3 is 0 Å². The van der Waals surface area contributed by atoms with Gasteiger partial charge in [0, 0.05) is 52.5 Å². The molecule has 3 fully saturated rings. The van der Waals surface area contributed by atoms with Gasteiger partial charge in [-0.1, -0.05) is 25.6 Å². The third kappa shape index (κ3) is 3.88. The molecule has 5 heterocycles. The maximum atomic E-state index is 7.27. The Bertz CT molecular complexity index is 1450. The summed E-state index contributed by atoms with van der Waals surface area (Å²) in [5.41, 5.74) is 20.2. The number of hydrogen-bond acceptors (Lipinski definition) is 6. The predicted octanol–water partition coefficient (Wildman–Crippen LogP) is 4.86. The van der Waals surface area contributed by atoms with Gasteiger partial charge in [0.15, 0.2) is 5.65 Å².